The summed E-state index contributed by atoms with van der Waals surface area (Å²) in [4.78, 5) is 13.2. The maximum Gasteiger partial charge on any atom is 0.249 e. The Kier molecular flexibility index (Phi) is 3.60. The summed E-state index contributed by atoms with van der Waals surface area (Å²) in [6.45, 7) is 2.22. The van der Waals surface area contributed by atoms with Gasteiger partial charge in [0.2, 0.25) is 18.5 Å². The van der Waals surface area contributed by atoms with E-state index < -0.39 is 0 Å². The van der Waals surface area contributed by atoms with Crippen molar-refractivity contribution >= 4 is 0 Å². The van der Waals surface area contributed by atoms with Crippen molar-refractivity contribution in [2.75, 3.05) is 6.79 Å². The van der Waals surface area contributed by atoms with Crippen LogP contribution in [-0.2, 0) is 0 Å². The minimum absolute atomic E-state index is 0.196. The number of aromatic nitrogens is 5. The molecule has 8 nitrogen and oxygen atoms in total. The summed E-state index contributed by atoms with van der Waals surface area (Å²) >= 11 is 0. The van der Waals surface area contributed by atoms with E-state index in [1.807, 2.05) is 54.1 Å². The zero-order chi connectivity index (χ0) is 18.2. The molecule has 0 amide bonds. The Balaban J connectivity index is 1.48. The first-order chi connectivity index (χ1) is 13.3. The molecule has 134 valence electrons. The fourth-order valence-corrected chi connectivity index (χ4v) is 3.01. The standard InChI is InChI=1S/C19H15N5O3/c1-12(19-22-17(23-27-19)14-4-2-3-7-20-14)24-9-8-21-18(24)13-5-6-15-16(10-13)26-11-25-15/h2-10,12H,11H2,1H3/t12-/m1/s1. The summed E-state index contributed by atoms with van der Waals surface area (Å²) in [5.74, 6) is 3.17. The number of imidazole rings is 1. The zero-order valence-electron chi connectivity index (χ0n) is 14.4. The molecule has 1 aliphatic rings. The lowest BCUT2D eigenvalue weighted by Crippen LogP contribution is -2.08. The van der Waals surface area contributed by atoms with E-state index in [2.05, 4.69) is 20.1 Å². The minimum Gasteiger partial charge on any atom is -0.454 e. The van der Waals surface area contributed by atoms with E-state index in [-0.39, 0.29) is 12.8 Å². The van der Waals surface area contributed by atoms with Crippen LogP contribution in [0.3, 0.4) is 0 Å². The highest BCUT2D eigenvalue weighted by Gasteiger charge is 2.22. The van der Waals surface area contributed by atoms with Crippen LogP contribution < -0.4 is 9.47 Å². The van der Waals surface area contributed by atoms with E-state index in [1.54, 1.807) is 12.4 Å². The monoisotopic (exact) mass is 361 g/mol. The van der Waals surface area contributed by atoms with Crippen molar-refractivity contribution in [1.29, 1.82) is 0 Å². The second-order valence-electron chi connectivity index (χ2n) is 6.07. The second kappa shape index (κ2) is 6.24. The van der Waals surface area contributed by atoms with Gasteiger partial charge in [-0.3, -0.25) is 4.98 Å². The zero-order valence-corrected chi connectivity index (χ0v) is 14.4. The average molecular weight is 361 g/mol. The molecular formula is C19H15N5O3. The SMILES string of the molecule is C[C@H](c1nc(-c2ccccn2)no1)n1ccnc1-c1ccc2c(c1)OCO2. The van der Waals surface area contributed by atoms with Crippen molar-refractivity contribution in [3.05, 3.63) is 60.9 Å². The Bertz CT molecular complexity index is 1090. The van der Waals surface area contributed by atoms with Crippen LogP contribution in [0.15, 0.2) is 59.5 Å². The molecule has 0 N–H and O–H groups in total. The predicted octanol–water partition coefficient (Wildman–Crippen LogP) is 3.33. The molecule has 1 aliphatic heterocycles. The van der Waals surface area contributed by atoms with E-state index in [1.165, 1.54) is 0 Å². The molecule has 0 saturated heterocycles. The van der Waals surface area contributed by atoms with Crippen LogP contribution in [0.4, 0.5) is 0 Å². The highest BCUT2D eigenvalue weighted by Crippen LogP contribution is 2.36. The predicted molar refractivity (Wildman–Crippen MR) is 95.1 cm³/mol. The fourth-order valence-electron chi connectivity index (χ4n) is 3.01. The minimum atomic E-state index is -0.196. The maximum absolute atomic E-state index is 5.48. The van der Waals surface area contributed by atoms with E-state index in [0.717, 1.165) is 17.1 Å². The van der Waals surface area contributed by atoms with Crippen LogP contribution in [0.2, 0.25) is 0 Å². The Hall–Kier alpha value is -3.68. The summed E-state index contributed by atoms with van der Waals surface area (Å²) in [5.41, 5.74) is 1.59. The number of ether oxygens (including phenoxy) is 2. The molecular weight excluding hydrogens is 346 g/mol. The van der Waals surface area contributed by atoms with Gasteiger partial charge in [-0.2, -0.15) is 4.98 Å². The molecule has 5 rings (SSSR count). The largest absolute Gasteiger partial charge is 0.454 e. The summed E-state index contributed by atoms with van der Waals surface area (Å²) in [5, 5.41) is 4.05. The van der Waals surface area contributed by atoms with Gasteiger partial charge in [-0.1, -0.05) is 11.2 Å². The van der Waals surface area contributed by atoms with Gasteiger partial charge in [0.15, 0.2) is 11.5 Å². The summed E-state index contributed by atoms with van der Waals surface area (Å²) in [6.07, 6.45) is 5.32. The molecule has 0 unspecified atom stereocenters. The molecule has 4 heterocycles. The van der Waals surface area contributed by atoms with Crippen LogP contribution in [0, 0.1) is 0 Å². The number of hydrogen-bond donors (Lipinski definition) is 0. The molecule has 0 spiro atoms. The smallest absolute Gasteiger partial charge is 0.249 e. The summed E-state index contributed by atoms with van der Waals surface area (Å²) < 4.78 is 18.3. The van der Waals surface area contributed by atoms with Crippen LogP contribution in [0.5, 0.6) is 11.5 Å². The van der Waals surface area contributed by atoms with Crippen molar-refractivity contribution in [2.24, 2.45) is 0 Å². The lowest BCUT2D eigenvalue weighted by atomic mass is 10.2. The lowest BCUT2D eigenvalue weighted by Gasteiger charge is -2.13. The van der Waals surface area contributed by atoms with Crippen molar-refractivity contribution in [3.63, 3.8) is 0 Å². The number of nitrogens with zero attached hydrogens (tertiary/aromatic N) is 5. The van der Waals surface area contributed by atoms with Crippen LogP contribution in [0.1, 0.15) is 18.9 Å². The molecule has 4 aromatic rings. The van der Waals surface area contributed by atoms with Crippen LogP contribution >= 0.6 is 0 Å². The molecule has 0 fully saturated rings. The number of benzene rings is 1. The van der Waals surface area contributed by atoms with Gasteiger partial charge >= 0.3 is 0 Å². The lowest BCUT2D eigenvalue weighted by molar-refractivity contribution is 0.174. The molecule has 0 saturated carbocycles. The van der Waals surface area contributed by atoms with Crippen LogP contribution in [0.25, 0.3) is 22.9 Å². The topological polar surface area (TPSA) is 88.1 Å². The van der Waals surface area contributed by atoms with Gasteiger partial charge in [-0.05, 0) is 37.3 Å². The van der Waals surface area contributed by atoms with E-state index >= 15 is 0 Å². The number of fused-ring (bicyclic) bond motifs is 1. The van der Waals surface area contributed by atoms with Gasteiger partial charge in [0.05, 0.1) is 0 Å². The molecule has 1 aromatic carbocycles. The Labute approximate surface area is 154 Å². The first kappa shape index (κ1) is 15.6. The highest BCUT2D eigenvalue weighted by atomic mass is 16.7. The first-order valence-electron chi connectivity index (χ1n) is 8.47. The molecule has 0 radical (unpaired) electrons. The average Bonchev–Trinajstić information content (AvgIpc) is 3.47. The third kappa shape index (κ3) is 2.71. The van der Waals surface area contributed by atoms with Crippen molar-refractivity contribution in [1.82, 2.24) is 24.7 Å². The normalized spacial score (nSPS) is 13.7. The van der Waals surface area contributed by atoms with Gasteiger partial charge in [0, 0.05) is 24.2 Å². The van der Waals surface area contributed by atoms with E-state index in [0.29, 0.717) is 23.2 Å². The Morgan fingerprint density at radius 1 is 1.04 bits per heavy atom. The quantitative estimate of drug-likeness (QED) is 0.551. The van der Waals surface area contributed by atoms with Gasteiger partial charge < -0.3 is 18.6 Å². The van der Waals surface area contributed by atoms with E-state index in [4.69, 9.17) is 14.0 Å². The fraction of sp³-hybridized carbons (Fsp3) is 0.158. The van der Waals surface area contributed by atoms with Crippen molar-refractivity contribution in [3.8, 4) is 34.4 Å². The van der Waals surface area contributed by atoms with Gasteiger partial charge in [0.25, 0.3) is 0 Å². The molecule has 0 bridgehead atoms. The molecule has 3 aromatic heterocycles. The summed E-state index contributed by atoms with van der Waals surface area (Å²) in [7, 11) is 0. The van der Waals surface area contributed by atoms with Crippen LogP contribution in [-0.4, -0.2) is 31.5 Å². The molecule has 1 atom stereocenters. The Morgan fingerprint density at radius 3 is 2.85 bits per heavy atom. The first-order valence-corrected chi connectivity index (χ1v) is 8.47. The highest BCUT2D eigenvalue weighted by molar-refractivity contribution is 5.62. The van der Waals surface area contributed by atoms with E-state index in [9.17, 15) is 0 Å². The van der Waals surface area contributed by atoms with Crippen molar-refractivity contribution < 1.29 is 14.0 Å². The Morgan fingerprint density at radius 2 is 1.96 bits per heavy atom. The number of hydrogen-bond acceptors (Lipinski definition) is 7. The number of rotatable bonds is 4. The third-order valence-electron chi connectivity index (χ3n) is 4.41. The molecule has 8 heteroatoms. The second-order valence-corrected chi connectivity index (χ2v) is 6.07. The molecule has 27 heavy (non-hydrogen) atoms. The summed E-state index contributed by atoms with van der Waals surface area (Å²) in [6, 6.07) is 11.1. The van der Waals surface area contributed by atoms with Gasteiger partial charge in [-0.25, -0.2) is 4.98 Å². The van der Waals surface area contributed by atoms with Crippen molar-refractivity contribution in [2.45, 2.75) is 13.0 Å². The number of pyridine rings is 1. The van der Waals surface area contributed by atoms with Gasteiger partial charge in [-0.15, -0.1) is 0 Å². The maximum atomic E-state index is 5.48. The van der Waals surface area contributed by atoms with Gasteiger partial charge in [0.1, 0.15) is 17.6 Å². The third-order valence-corrected chi connectivity index (χ3v) is 4.41. The molecule has 0 aliphatic carbocycles.